The van der Waals surface area contributed by atoms with Crippen molar-refractivity contribution < 1.29 is 0 Å². The third-order valence-electron chi connectivity index (χ3n) is 5.36. The molecule has 0 spiro atoms. The first-order valence-electron chi connectivity index (χ1n) is 10.0. The lowest BCUT2D eigenvalue weighted by molar-refractivity contribution is 1.31. The van der Waals surface area contributed by atoms with Crippen molar-refractivity contribution in [1.82, 2.24) is 19.9 Å². The summed E-state index contributed by atoms with van der Waals surface area (Å²) in [5.74, 6) is 0. The molecule has 8 bridgehead atoms. The van der Waals surface area contributed by atoms with Crippen molar-refractivity contribution in [1.29, 1.82) is 0 Å². The Bertz CT molecular complexity index is 1550. The molecule has 31 heavy (non-hydrogen) atoms. The summed E-state index contributed by atoms with van der Waals surface area (Å²) in [6.45, 7) is 0. The molecule has 4 aromatic rings. The van der Waals surface area contributed by atoms with Crippen LogP contribution in [-0.2, 0) is 0 Å². The van der Waals surface area contributed by atoms with Gasteiger partial charge in [-0.05, 0) is 101 Å². The fourth-order valence-electron chi connectivity index (χ4n) is 3.96. The smallest absolute Gasteiger partial charge is 0.0737 e. The summed E-state index contributed by atoms with van der Waals surface area (Å²) in [5.41, 5.74) is 10.0. The monoisotopic (exact) mass is 512 g/mol. The predicted octanol–water partition coefficient (Wildman–Crippen LogP) is 6.93. The Hall–Kier alpha value is -3.45. The lowest BCUT2D eigenvalue weighted by atomic mass is 10.0. The maximum atomic E-state index is 4.95. The summed E-state index contributed by atoms with van der Waals surface area (Å²) in [5, 5.41) is 0. The number of aromatic amines is 2. The SMILES string of the molecule is Ic1ccccc1-c1c2nc(cc3ccc(cc4nc(cc5ccc1[nH]5)C=C4)[nH]3)C=C2. The van der Waals surface area contributed by atoms with Crippen LogP contribution in [0, 0.1) is 3.57 Å². The molecule has 5 heteroatoms. The lowest BCUT2D eigenvalue weighted by Gasteiger charge is -2.06. The highest BCUT2D eigenvalue weighted by atomic mass is 127. The number of H-pyrrole nitrogens is 2. The van der Waals surface area contributed by atoms with Gasteiger partial charge in [0.2, 0.25) is 0 Å². The van der Waals surface area contributed by atoms with Crippen LogP contribution in [0.1, 0.15) is 22.8 Å². The van der Waals surface area contributed by atoms with Gasteiger partial charge in [0.25, 0.3) is 0 Å². The average molecular weight is 512 g/mol. The van der Waals surface area contributed by atoms with Crippen LogP contribution in [-0.4, -0.2) is 19.9 Å². The van der Waals surface area contributed by atoms with Gasteiger partial charge in [-0.1, -0.05) is 18.2 Å². The zero-order valence-electron chi connectivity index (χ0n) is 16.4. The fraction of sp³-hybridized carbons (Fsp3) is 0. The molecule has 5 heterocycles. The molecule has 0 radical (unpaired) electrons. The molecule has 0 fully saturated rings. The second-order valence-corrected chi connectivity index (χ2v) is 8.70. The Balaban J connectivity index is 1.74. The molecule has 4 nitrogen and oxygen atoms in total. The number of hydrogen-bond donors (Lipinski definition) is 2. The van der Waals surface area contributed by atoms with Crippen molar-refractivity contribution in [3.63, 3.8) is 0 Å². The standard InChI is InChI=1S/C26H17IN4/c27-23-4-2-1-3-22(23)26-24-11-9-20(30-24)14-18-7-5-16(28-18)13-17-6-8-19(29-17)15-21-10-12-25(26)31-21/h1-15,28,31H. The highest BCUT2D eigenvalue weighted by molar-refractivity contribution is 14.1. The number of rotatable bonds is 1. The summed E-state index contributed by atoms with van der Waals surface area (Å²) in [6, 6.07) is 22.9. The highest BCUT2D eigenvalue weighted by Crippen LogP contribution is 2.32. The number of halogens is 1. The molecule has 6 rings (SSSR count). The van der Waals surface area contributed by atoms with E-state index in [1.54, 1.807) is 0 Å². The molecule has 0 unspecified atom stereocenters. The zero-order chi connectivity index (χ0) is 20.8. The predicted molar refractivity (Wildman–Crippen MR) is 137 cm³/mol. The van der Waals surface area contributed by atoms with Crippen molar-refractivity contribution in [2.24, 2.45) is 0 Å². The molecule has 0 saturated heterocycles. The first kappa shape index (κ1) is 18.3. The lowest BCUT2D eigenvalue weighted by Crippen LogP contribution is -1.88. The molecular weight excluding hydrogens is 495 g/mol. The molecule has 0 aliphatic carbocycles. The van der Waals surface area contributed by atoms with Gasteiger partial charge in [-0.15, -0.1) is 0 Å². The first-order valence-corrected chi connectivity index (χ1v) is 11.1. The van der Waals surface area contributed by atoms with Gasteiger partial charge in [0, 0.05) is 31.2 Å². The van der Waals surface area contributed by atoms with Gasteiger partial charge in [-0.25, -0.2) is 9.97 Å². The van der Waals surface area contributed by atoms with Gasteiger partial charge in [-0.2, -0.15) is 0 Å². The second-order valence-electron chi connectivity index (χ2n) is 7.53. The van der Waals surface area contributed by atoms with Crippen LogP contribution >= 0.6 is 22.6 Å². The number of aromatic nitrogens is 4. The van der Waals surface area contributed by atoms with E-state index in [4.69, 9.17) is 9.97 Å². The Kier molecular flexibility index (Phi) is 4.35. The highest BCUT2D eigenvalue weighted by Gasteiger charge is 2.13. The normalized spacial score (nSPS) is 12.4. The number of fused-ring (bicyclic) bond motifs is 8. The van der Waals surface area contributed by atoms with Gasteiger partial charge >= 0.3 is 0 Å². The molecule has 0 atom stereocenters. The van der Waals surface area contributed by atoms with Crippen LogP contribution in [0.4, 0.5) is 0 Å². The average Bonchev–Trinajstić information content (AvgIpc) is 3.55. The quantitative estimate of drug-likeness (QED) is 0.235. The number of benzene rings is 1. The minimum atomic E-state index is 0.922. The summed E-state index contributed by atoms with van der Waals surface area (Å²) in [4.78, 5) is 16.7. The van der Waals surface area contributed by atoms with E-state index in [9.17, 15) is 0 Å². The Morgan fingerprint density at radius 1 is 0.613 bits per heavy atom. The molecule has 2 aliphatic heterocycles. The molecular formula is C26H17IN4. The Morgan fingerprint density at radius 2 is 1.23 bits per heavy atom. The summed E-state index contributed by atoms with van der Waals surface area (Å²) in [7, 11) is 0. The zero-order valence-corrected chi connectivity index (χ0v) is 18.6. The van der Waals surface area contributed by atoms with E-state index in [0.717, 1.165) is 56.0 Å². The van der Waals surface area contributed by atoms with E-state index in [1.165, 1.54) is 3.57 Å². The van der Waals surface area contributed by atoms with E-state index in [0.29, 0.717) is 0 Å². The van der Waals surface area contributed by atoms with Crippen molar-refractivity contribution in [2.75, 3.05) is 0 Å². The number of hydrogen-bond acceptors (Lipinski definition) is 2. The molecule has 2 aliphatic rings. The van der Waals surface area contributed by atoms with Gasteiger partial charge in [0.15, 0.2) is 0 Å². The van der Waals surface area contributed by atoms with Crippen LogP contribution in [0.2, 0.25) is 0 Å². The molecule has 1 aromatic carbocycles. The third kappa shape index (κ3) is 3.51. The van der Waals surface area contributed by atoms with Crippen molar-refractivity contribution in [3.8, 4) is 11.1 Å². The van der Waals surface area contributed by atoms with E-state index in [2.05, 4.69) is 105 Å². The van der Waals surface area contributed by atoms with Gasteiger partial charge < -0.3 is 9.97 Å². The maximum absolute atomic E-state index is 4.95. The third-order valence-corrected chi connectivity index (χ3v) is 6.30. The molecule has 0 amide bonds. The largest absolute Gasteiger partial charge is 0.355 e. The molecule has 0 saturated carbocycles. The van der Waals surface area contributed by atoms with E-state index in [1.807, 2.05) is 18.2 Å². The Morgan fingerprint density at radius 3 is 1.97 bits per heavy atom. The van der Waals surface area contributed by atoms with Gasteiger partial charge in [0.1, 0.15) is 0 Å². The van der Waals surface area contributed by atoms with Crippen molar-refractivity contribution in [3.05, 3.63) is 93.1 Å². The van der Waals surface area contributed by atoms with Crippen molar-refractivity contribution >= 4 is 69.0 Å². The summed E-state index contributed by atoms with van der Waals surface area (Å²) in [6.07, 6.45) is 8.23. The second kappa shape index (κ2) is 7.35. The van der Waals surface area contributed by atoms with E-state index < -0.39 is 0 Å². The number of nitrogens with one attached hydrogen (secondary N) is 2. The molecule has 2 N–H and O–H groups in total. The van der Waals surface area contributed by atoms with Crippen LogP contribution in [0.15, 0.2) is 66.7 Å². The van der Waals surface area contributed by atoms with E-state index >= 15 is 0 Å². The van der Waals surface area contributed by atoms with Gasteiger partial charge in [0.05, 0.1) is 22.8 Å². The van der Waals surface area contributed by atoms with E-state index in [-0.39, 0.29) is 0 Å². The number of nitrogens with zero attached hydrogens (tertiary/aromatic N) is 2. The van der Waals surface area contributed by atoms with Gasteiger partial charge in [-0.3, -0.25) is 0 Å². The minimum absolute atomic E-state index is 0.922. The topological polar surface area (TPSA) is 57.4 Å². The van der Waals surface area contributed by atoms with Crippen LogP contribution in [0.3, 0.4) is 0 Å². The Labute approximate surface area is 192 Å². The van der Waals surface area contributed by atoms with Crippen LogP contribution in [0.25, 0.3) is 57.5 Å². The fourth-order valence-corrected chi connectivity index (χ4v) is 4.61. The summed E-state index contributed by atoms with van der Waals surface area (Å²) >= 11 is 2.39. The molecule has 3 aromatic heterocycles. The van der Waals surface area contributed by atoms with Crippen molar-refractivity contribution in [2.45, 2.75) is 0 Å². The first-order chi connectivity index (χ1) is 15.2. The van der Waals surface area contributed by atoms with Crippen LogP contribution < -0.4 is 0 Å². The minimum Gasteiger partial charge on any atom is -0.355 e. The maximum Gasteiger partial charge on any atom is 0.0737 e. The van der Waals surface area contributed by atoms with Crippen LogP contribution in [0.5, 0.6) is 0 Å². The molecule has 148 valence electrons. The summed E-state index contributed by atoms with van der Waals surface area (Å²) < 4.78 is 1.19.